The summed E-state index contributed by atoms with van der Waals surface area (Å²) in [5, 5.41) is 12.4. The van der Waals surface area contributed by atoms with Gasteiger partial charge in [-0.15, -0.1) is 0 Å². The average molecular weight is 230 g/mol. The van der Waals surface area contributed by atoms with E-state index in [2.05, 4.69) is 16.4 Å². The molecule has 0 aliphatic heterocycles. The summed E-state index contributed by atoms with van der Waals surface area (Å²) in [6.45, 7) is 0.701. The zero-order chi connectivity index (χ0) is 12.1. The maximum Gasteiger partial charge on any atom is 0.144 e. The second kappa shape index (κ2) is 5.65. The van der Waals surface area contributed by atoms with Gasteiger partial charge in [0.15, 0.2) is 0 Å². The van der Waals surface area contributed by atoms with Crippen molar-refractivity contribution in [1.82, 2.24) is 4.98 Å². The lowest BCUT2D eigenvalue weighted by molar-refractivity contribution is 0.332. The smallest absolute Gasteiger partial charge is 0.144 e. The maximum atomic E-state index is 9.02. The molecule has 2 atom stereocenters. The van der Waals surface area contributed by atoms with E-state index in [4.69, 9.17) is 11.0 Å². The predicted octanol–water partition coefficient (Wildman–Crippen LogP) is 1.88. The van der Waals surface area contributed by atoms with Crippen molar-refractivity contribution in [2.24, 2.45) is 11.7 Å². The molecule has 1 aliphatic carbocycles. The largest absolute Gasteiger partial charge is 0.366 e. The fraction of sp³-hybridized carbons (Fsp3) is 0.538. The van der Waals surface area contributed by atoms with E-state index >= 15 is 0 Å². The highest BCUT2D eigenvalue weighted by atomic mass is 15.0. The van der Waals surface area contributed by atoms with E-state index in [1.54, 1.807) is 18.3 Å². The first-order valence-corrected chi connectivity index (χ1v) is 6.17. The van der Waals surface area contributed by atoms with Gasteiger partial charge >= 0.3 is 0 Å². The number of aromatic nitrogens is 1. The molecule has 90 valence electrons. The van der Waals surface area contributed by atoms with Gasteiger partial charge in [0, 0.05) is 12.2 Å². The molecular weight excluding hydrogens is 212 g/mol. The summed E-state index contributed by atoms with van der Waals surface area (Å²) in [7, 11) is 0. The third-order valence-electron chi connectivity index (χ3n) is 3.46. The summed E-state index contributed by atoms with van der Waals surface area (Å²) in [6.07, 6.45) is 6.48. The van der Waals surface area contributed by atoms with E-state index in [0.717, 1.165) is 6.42 Å². The Hall–Kier alpha value is -1.60. The number of anilines is 1. The summed E-state index contributed by atoms with van der Waals surface area (Å²) < 4.78 is 0. The van der Waals surface area contributed by atoms with E-state index in [9.17, 15) is 0 Å². The van der Waals surface area contributed by atoms with Gasteiger partial charge < -0.3 is 11.1 Å². The van der Waals surface area contributed by atoms with Crippen molar-refractivity contribution in [2.45, 2.75) is 31.7 Å². The molecule has 1 aromatic rings. The minimum Gasteiger partial charge on any atom is -0.366 e. The highest BCUT2D eigenvalue weighted by Crippen LogP contribution is 2.26. The van der Waals surface area contributed by atoms with Crippen molar-refractivity contribution < 1.29 is 0 Å². The molecule has 1 aliphatic rings. The molecular formula is C13H18N4. The Morgan fingerprint density at radius 1 is 1.47 bits per heavy atom. The topological polar surface area (TPSA) is 74.7 Å². The quantitative estimate of drug-likeness (QED) is 0.831. The van der Waals surface area contributed by atoms with Crippen LogP contribution in [0.2, 0.25) is 0 Å². The summed E-state index contributed by atoms with van der Waals surface area (Å²) in [6, 6.07) is 6.09. The molecule has 1 fully saturated rings. The summed E-state index contributed by atoms with van der Waals surface area (Å²) in [4.78, 5) is 4.24. The van der Waals surface area contributed by atoms with Gasteiger partial charge in [0.25, 0.3) is 0 Å². The van der Waals surface area contributed by atoms with E-state index in [-0.39, 0.29) is 0 Å². The molecule has 3 N–H and O–H groups in total. The van der Waals surface area contributed by atoms with Crippen LogP contribution in [0, 0.1) is 17.2 Å². The van der Waals surface area contributed by atoms with Crippen molar-refractivity contribution in [1.29, 1.82) is 5.26 Å². The Labute approximate surface area is 102 Å². The van der Waals surface area contributed by atoms with Crippen molar-refractivity contribution >= 4 is 5.82 Å². The molecule has 4 heteroatoms. The van der Waals surface area contributed by atoms with Crippen molar-refractivity contribution in [2.75, 3.05) is 11.9 Å². The van der Waals surface area contributed by atoms with Crippen molar-refractivity contribution in [3.05, 3.63) is 23.9 Å². The van der Waals surface area contributed by atoms with Crippen LogP contribution in [0.5, 0.6) is 0 Å². The first-order chi connectivity index (χ1) is 8.35. The van der Waals surface area contributed by atoms with Crippen LogP contribution in [0.15, 0.2) is 18.3 Å². The number of nitrogens with zero attached hydrogens (tertiary/aromatic N) is 2. The van der Waals surface area contributed by atoms with Crippen LogP contribution in [-0.2, 0) is 0 Å². The number of hydrogen-bond donors (Lipinski definition) is 2. The van der Waals surface area contributed by atoms with Crippen LogP contribution in [-0.4, -0.2) is 17.6 Å². The number of nitrogens with one attached hydrogen (secondary N) is 1. The molecule has 1 heterocycles. The third-order valence-corrected chi connectivity index (χ3v) is 3.46. The SMILES string of the molecule is N#Cc1cccnc1NC1CCCCC1CN. The molecule has 2 rings (SSSR count). The highest BCUT2D eigenvalue weighted by molar-refractivity contribution is 5.51. The van der Waals surface area contributed by atoms with Crippen LogP contribution in [0.25, 0.3) is 0 Å². The van der Waals surface area contributed by atoms with Crippen LogP contribution in [0.3, 0.4) is 0 Å². The number of nitrogens with two attached hydrogens (primary N) is 1. The number of hydrogen-bond acceptors (Lipinski definition) is 4. The van der Waals surface area contributed by atoms with E-state index < -0.39 is 0 Å². The summed E-state index contributed by atoms with van der Waals surface area (Å²) >= 11 is 0. The summed E-state index contributed by atoms with van der Waals surface area (Å²) in [5.74, 6) is 1.19. The van der Waals surface area contributed by atoms with E-state index in [1.165, 1.54) is 19.3 Å². The second-order valence-electron chi connectivity index (χ2n) is 4.54. The molecule has 0 bridgehead atoms. The minimum absolute atomic E-state index is 0.357. The molecule has 0 aromatic carbocycles. The number of nitriles is 1. The molecule has 0 radical (unpaired) electrons. The van der Waals surface area contributed by atoms with Crippen LogP contribution in [0.1, 0.15) is 31.2 Å². The Morgan fingerprint density at radius 3 is 3.06 bits per heavy atom. The van der Waals surface area contributed by atoms with E-state index in [0.29, 0.717) is 29.9 Å². The zero-order valence-electron chi connectivity index (χ0n) is 9.89. The van der Waals surface area contributed by atoms with Crippen molar-refractivity contribution in [3.8, 4) is 6.07 Å². The number of pyridine rings is 1. The molecule has 1 aromatic heterocycles. The lowest BCUT2D eigenvalue weighted by Gasteiger charge is -2.31. The van der Waals surface area contributed by atoms with Gasteiger partial charge in [0.2, 0.25) is 0 Å². The fourth-order valence-electron chi connectivity index (χ4n) is 2.47. The lowest BCUT2D eigenvalue weighted by Crippen LogP contribution is -2.37. The second-order valence-corrected chi connectivity index (χ2v) is 4.54. The zero-order valence-corrected chi connectivity index (χ0v) is 9.89. The number of rotatable bonds is 3. The van der Waals surface area contributed by atoms with Crippen LogP contribution in [0.4, 0.5) is 5.82 Å². The fourth-order valence-corrected chi connectivity index (χ4v) is 2.47. The molecule has 17 heavy (non-hydrogen) atoms. The molecule has 0 saturated heterocycles. The predicted molar refractivity (Wildman–Crippen MR) is 67.4 cm³/mol. The molecule has 1 saturated carbocycles. The van der Waals surface area contributed by atoms with Gasteiger partial charge in [-0.25, -0.2) is 4.98 Å². The molecule has 0 spiro atoms. The van der Waals surface area contributed by atoms with Crippen molar-refractivity contribution in [3.63, 3.8) is 0 Å². The van der Waals surface area contributed by atoms with Crippen LogP contribution < -0.4 is 11.1 Å². The van der Waals surface area contributed by atoms with Crippen LogP contribution >= 0.6 is 0 Å². The van der Waals surface area contributed by atoms with Gasteiger partial charge in [-0.3, -0.25) is 0 Å². The maximum absolute atomic E-state index is 9.02. The summed E-state index contributed by atoms with van der Waals surface area (Å²) in [5.41, 5.74) is 6.40. The molecule has 0 amide bonds. The molecule has 2 unspecified atom stereocenters. The Kier molecular flexibility index (Phi) is 3.94. The highest BCUT2D eigenvalue weighted by Gasteiger charge is 2.24. The average Bonchev–Trinajstić information content (AvgIpc) is 2.40. The lowest BCUT2D eigenvalue weighted by atomic mass is 9.84. The molecule has 4 nitrogen and oxygen atoms in total. The van der Waals surface area contributed by atoms with Gasteiger partial charge in [-0.2, -0.15) is 5.26 Å². The van der Waals surface area contributed by atoms with Gasteiger partial charge in [-0.05, 0) is 37.4 Å². The monoisotopic (exact) mass is 230 g/mol. The Morgan fingerprint density at radius 2 is 2.29 bits per heavy atom. The minimum atomic E-state index is 0.357. The van der Waals surface area contributed by atoms with Gasteiger partial charge in [0.05, 0.1) is 5.56 Å². The van der Waals surface area contributed by atoms with E-state index in [1.807, 2.05) is 0 Å². The Balaban J connectivity index is 2.11. The van der Waals surface area contributed by atoms with Gasteiger partial charge in [-0.1, -0.05) is 12.8 Å². The first-order valence-electron chi connectivity index (χ1n) is 6.17. The van der Waals surface area contributed by atoms with Gasteiger partial charge in [0.1, 0.15) is 11.9 Å². The third kappa shape index (κ3) is 2.75. The normalized spacial score (nSPS) is 24.0. The standard InChI is InChI=1S/C13H18N4/c14-8-10-4-1-2-6-12(10)17-13-11(9-15)5-3-7-16-13/h3,5,7,10,12H,1-2,4,6,8,14H2,(H,16,17). The first kappa shape index (κ1) is 11.9. The Bertz CT molecular complexity index is 410.